The zero-order chi connectivity index (χ0) is 17.1. The van der Waals surface area contributed by atoms with Gasteiger partial charge in [-0.1, -0.05) is 60.7 Å². The summed E-state index contributed by atoms with van der Waals surface area (Å²) in [6, 6.07) is 16.7. The van der Waals surface area contributed by atoms with Crippen LogP contribution in [0.2, 0.25) is 0 Å². The highest BCUT2D eigenvalue weighted by molar-refractivity contribution is 7.85. The van der Waals surface area contributed by atoms with Crippen molar-refractivity contribution in [2.45, 2.75) is 17.2 Å². The van der Waals surface area contributed by atoms with Crippen molar-refractivity contribution in [2.24, 2.45) is 0 Å². The van der Waals surface area contributed by atoms with E-state index >= 15 is 0 Å². The lowest BCUT2D eigenvalue weighted by molar-refractivity contribution is -0.337. The lowest BCUT2D eigenvalue weighted by Gasteiger charge is -2.26. The van der Waals surface area contributed by atoms with E-state index in [9.17, 15) is 27.6 Å². The normalized spacial score (nSPS) is 14.0. The van der Waals surface area contributed by atoms with Gasteiger partial charge in [0, 0.05) is 10.8 Å². The minimum absolute atomic E-state index is 0.537. The third-order valence-corrected chi connectivity index (χ3v) is 5.02. The van der Waals surface area contributed by atoms with Crippen LogP contribution in [0.1, 0.15) is 16.4 Å². The predicted molar refractivity (Wildman–Crippen MR) is 81.0 cm³/mol. The molecule has 2 rings (SSSR count). The maximum atomic E-state index is 12.6. The molecule has 0 heterocycles. The topological polar surface area (TPSA) is 57.5 Å². The summed E-state index contributed by atoms with van der Waals surface area (Å²) in [5.74, 6) is -5.33. The molecule has 3 nitrogen and oxygen atoms in total. The van der Waals surface area contributed by atoms with Gasteiger partial charge in [0.15, 0.2) is 0 Å². The monoisotopic (exact) mass is 344 g/mol. The molecule has 0 aromatic heterocycles. The van der Waals surface area contributed by atoms with E-state index in [-0.39, 0.29) is 0 Å². The molecular formula is C16H15F3O3S. The van der Waals surface area contributed by atoms with Gasteiger partial charge >= 0.3 is 6.18 Å². The van der Waals surface area contributed by atoms with Gasteiger partial charge in [-0.15, -0.1) is 0 Å². The highest BCUT2D eigenvalue weighted by Crippen LogP contribution is 2.34. The van der Waals surface area contributed by atoms with E-state index in [1.165, 1.54) is 0 Å². The Morgan fingerprint density at radius 1 is 0.870 bits per heavy atom. The predicted octanol–water partition coefficient (Wildman–Crippen LogP) is 2.77. The van der Waals surface area contributed by atoms with Gasteiger partial charge in [-0.3, -0.25) is 4.21 Å². The molecular weight excluding hydrogens is 329 g/mol. The highest BCUT2D eigenvalue weighted by atomic mass is 32.2. The molecule has 23 heavy (non-hydrogen) atoms. The fourth-order valence-electron chi connectivity index (χ4n) is 2.12. The van der Waals surface area contributed by atoms with Gasteiger partial charge in [0.05, 0.1) is 11.0 Å². The molecule has 0 radical (unpaired) electrons. The van der Waals surface area contributed by atoms with Gasteiger partial charge in [0.1, 0.15) is 0 Å². The number of rotatable bonds is 5. The largest absolute Gasteiger partial charge is 0.443 e. The second-order valence-electron chi connectivity index (χ2n) is 5.04. The Balaban J connectivity index is 2.37. The Bertz CT molecular complexity index is 618. The smallest absolute Gasteiger partial charge is 0.358 e. The number of benzene rings is 2. The third-order valence-electron chi connectivity index (χ3n) is 3.27. The van der Waals surface area contributed by atoms with Crippen LogP contribution in [0.3, 0.4) is 0 Å². The summed E-state index contributed by atoms with van der Waals surface area (Å²) in [6.07, 6.45) is -5.28. The van der Waals surface area contributed by atoms with Crippen LogP contribution in [0.25, 0.3) is 0 Å². The van der Waals surface area contributed by atoms with E-state index in [2.05, 4.69) is 0 Å². The van der Waals surface area contributed by atoms with Crippen molar-refractivity contribution in [3.63, 3.8) is 0 Å². The van der Waals surface area contributed by atoms with Gasteiger partial charge in [0.25, 0.3) is 5.79 Å². The fraction of sp³-hybridized carbons (Fsp3) is 0.250. The Labute approximate surface area is 133 Å². The van der Waals surface area contributed by atoms with Crippen molar-refractivity contribution in [3.8, 4) is 0 Å². The molecule has 2 aromatic carbocycles. The zero-order valence-electron chi connectivity index (χ0n) is 11.9. The number of hydrogen-bond donors (Lipinski definition) is 2. The van der Waals surface area contributed by atoms with Crippen LogP contribution in [0.5, 0.6) is 0 Å². The maximum absolute atomic E-state index is 12.6. The molecule has 2 aromatic rings. The van der Waals surface area contributed by atoms with E-state index in [1.54, 1.807) is 60.7 Å². The molecule has 0 saturated heterocycles. The molecule has 0 saturated carbocycles. The molecule has 0 spiro atoms. The Hall–Kier alpha value is -1.70. The summed E-state index contributed by atoms with van der Waals surface area (Å²) in [6.45, 7) is 0. The SMILES string of the molecule is O=S(CC(O)(O)C(F)(F)F)C(c1ccccc1)c1ccccc1. The first-order valence-electron chi connectivity index (χ1n) is 6.71. The number of aliphatic hydroxyl groups is 2. The minimum Gasteiger partial charge on any atom is -0.358 e. The lowest BCUT2D eigenvalue weighted by Crippen LogP contribution is -2.49. The molecule has 1 atom stereocenters. The van der Waals surface area contributed by atoms with E-state index in [1.807, 2.05) is 0 Å². The molecule has 0 aliphatic carbocycles. The van der Waals surface area contributed by atoms with Crippen molar-refractivity contribution in [2.75, 3.05) is 5.75 Å². The maximum Gasteiger partial charge on any atom is 0.443 e. The standard InChI is InChI=1S/C16H15F3O3S/c17-16(18,19)15(20,21)11-23(22)14(12-7-3-1-4-8-12)13-9-5-2-6-10-13/h1-10,14,20-21H,11H2. The van der Waals surface area contributed by atoms with Crippen LogP contribution < -0.4 is 0 Å². The van der Waals surface area contributed by atoms with Gasteiger partial charge in [0.2, 0.25) is 0 Å². The summed E-state index contributed by atoms with van der Waals surface area (Å²) < 4.78 is 50.4. The van der Waals surface area contributed by atoms with Gasteiger partial charge in [-0.05, 0) is 11.1 Å². The Morgan fingerprint density at radius 3 is 1.61 bits per heavy atom. The second-order valence-corrected chi connectivity index (χ2v) is 6.56. The van der Waals surface area contributed by atoms with E-state index in [0.717, 1.165) is 0 Å². The Morgan fingerprint density at radius 2 is 1.26 bits per heavy atom. The van der Waals surface area contributed by atoms with Crippen molar-refractivity contribution in [1.82, 2.24) is 0 Å². The first kappa shape index (κ1) is 17.7. The average Bonchev–Trinajstić information content (AvgIpc) is 2.48. The highest BCUT2D eigenvalue weighted by Gasteiger charge is 2.54. The van der Waals surface area contributed by atoms with E-state index in [0.29, 0.717) is 11.1 Å². The van der Waals surface area contributed by atoms with Crippen LogP contribution in [0.4, 0.5) is 13.2 Å². The third kappa shape index (κ3) is 4.19. The van der Waals surface area contributed by atoms with Gasteiger partial charge < -0.3 is 10.2 Å². The summed E-state index contributed by atoms with van der Waals surface area (Å²) in [7, 11) is -2.20. The molecule has 0 amide bonds. The summed E-state index contributed by atoms with van der Waals surface area (Å²) >= 11 is 0. The molecule has 0 aliphatic heterocycles. The fourth-order valence-corrected chi connectivity index (χ4v) is 3.76. The van der Waals surface area contributed by atoms with Crippen LogP contribution >= 0.6 is 0 Å². The summed E-state index contributed by atoms with van der Waals surface area (Å²) in [5, 5.41) is 17.5. The van der Waals surface area contributed by atoms with Crippen LogP contribution in [-0.4, -0.2) is 32.1 Å². The first-order chi connectivity index (χ1) is 10.7. The molecule has 0 aliphatic rings. The van der Waals surface area contributed by atoms with Crippen LogP contribution in [0, 0.1) is 0 Å². The molecule has 0 fully saturated rings. The van der Waals surface area contributed by atoms with Crippen molar-refractivity contribution in [1.29, 1.82) is 0 Å². The van der Waals surface area contributed by atoms with Crippen molar-refractivity contribution < 1.29 is 27.6 Å². The molecule has 2 N–H and O–H groups in total. The molecule has 1 unspecified atom stereocenters. The van der Waals surface area contributed by atoms with E-state index in [4.69, 9.17) is 0 Å². The molecule has 0 bridgehead atoms. The van der Waals surface area contributed by atoms with Gasteiger partial charge in [-0.2, -0.15) is 13.2 Å². The zero-order valence-corrected chi connectivity index (χ0v) is 12.7. The molecule has 7 heteroatoms. The minimum atomic E-state index is -5.28. The quantitative estimate of drug-likeness (QED) is 0.820. The summed E-state index contributed by atoms with van der Waals surface area (Å²) in [5.41, 5.74) is 1.07. The number of hydrogen-bond acceptors (Lipinski definition) is 3. The second kappa shape index (κ2) is 6.82. The van der Waals surface area contributed by atoms with Crippen molar-refractivity contribution in [3.05, 3.63) is 71.8 Å². The molecule has 124 valence electrons. The van der Waals surface area contributed by atoms with E-state index < -0.39 is 33.8 Å². The average molecular weight is 344 g/mol. The number of alkyl halides is 3. The Kier molecular flexibility index (Phi) is 5.23. The summed E-state index contributed by atoms with van der Waals surface area (Å²) in [4.78, 5) is 0. The van der Waals surface area contributed by atoms with Crippen LogP contribution in [0.15, 0.2) is 60.7 Å². The number of halogens is 3. The van der Waals surface area contributed by atoms with Crippen LogP contribution in [-0.2, 0) is 10.8 Å². The van der Waals surface area contributed by atoms with Gasteiger partial charge in [-0.25, -0.2) is 0 Å². The lowest BCUT2D eigenvalue weighted by atomic mass is 10.0. The first-order valence-corrected chi connectivity index (χ1v) is 8.09. The van der Waals surface area contributed by atoms with Crippen molar-refractivity contribution >= 4 is 10.8 Å².